The van der Waals surface area contributed by atoms with E-state index < -0.39 is 0 Å². The van der Waals surface area contributed by atoms with Crippen LogP contribution < -0.4 is 0 Å². The summed E-state index contributed by atoms with van der Waals surface area (Å²) in [6.07, 6.45) is 10.2. The fraction of sp³-hybridized carbons (Fsp3) is 1.00. The van der Waals surface area contributed by atoms with E-state index >= 15 is 0 Å². The third-order valence-electron chi connectivity index (χ3n) is 6.17. The number of hydrogen-bond donors (Lipinski definition) is 1. The summed E-state index contributed by atoms with van der Waals surface area (Å²) in [6, 6.07) is 0. The molecule has 0 aromatic rings. The van der Waals surface area contributed by atoms with E-state index in [2.05, 4.69) is 27.7 Å². The maximum absolute atomic E-state index is 11.6. The zero-order valence-electron chi connectivity index (χ0n) is 13.5. The molecule has 0 aliphatic heterocycles. The van der Waals surface area contributed by atoms with Crippen molar-refractivity contribution < 1.29 is 5.11 Å². The molecule has 0 heterocycles. The first-order valence-corrected chi connectivity index (χ1v) is 8.71. The minimum absolute atomic E-state index is 0.368. The van der Waals surface area contributed by atoms with E-state index in [-0.39, 0.29) is 5.60 Å². The maximum Gasteiger partial charge on any atom is 0.0711 e. The summed E-state index contributed by atoms with van der Waals surface area (Å²) in [6.45, 7) is 9.29. The lowest BCUT2D eigenvalue weighted by Crippen LogP contribution is -2.53. The molecule has 1 N–H and O–H groups in total. The highest BCUT2D eigenvalue weighted by atomic mass is 16.3. The van der Waals surface area contributed by atoms with E-state index in [1.54, 1.807) is 0 Å². The first-order chi connectivity index (χ1) is 8.99. The Kier molecular flexibility index (Phi) is 4.98. The first-order valence-electron chi connectivity index (χ1n) is 8.71. The minimum atomic E-state index is -0.368. The van der Waals surface area contributed by atoms with Crippen LogP contribution in [0, 0.1) is 29.6 Å². The number of aliphatic hydroxyl groups is 1. The molecule has 0 aromatic heterocycles. The van der Waals surface area contributed by atoms with Crippen molar-refractivity contribution in [2.45, 2.75) is 84.7 Å². The third kappa shape index (κ3) is 3.01. The minimum Gasteiger partial charge on any atom is -0.389 e. The second kappa shape index (κ2) is 6.16. The molecule has 0 radical (unpaired) electrons. The lowest BCUT2D eigenvalue weighted by molar-refractivity contribution is -0.145. The van der Waals surface area contributed by atoms with Crippen LogP contribution in [0.1, 0.15) is 79.1 Å². The Bertz CT molecular complexity index is 285. The van der Waals surface area contributed by atoms with Gasteiger partial charge in [-0.25, -0.2) is 0 Å². The monoisotopic (exact) mass is 266 g/mol. The van der Waals surface area contributed by atoms with E-state index in [0.29, 0.717) is 23.7 Å². The van der Waals surface area contributed by atoms with Crippen molar-refractivity contribution in [1.82, 2.24) is 0 Å². The molecule has 2 aliphatic carbocycles. The van der Waals surface area contributed by atoms with E-state index in [1.807, 2.05) is 0 Å². The number of hydrogen-bond acceptors (Lipinski definition) is 1. The molecule has 112 valence electrons. The van der Waals surface area contributed by atoms with E-state index in [0.717, 1.165) is 12.3 Å². The van der Waals surface area contributed by atoms with Crippen molar-refractivity contribution >= 4 is 0 Å². The van der Waals surface area contributed by atoms with Crippen molar-refractivity contribution in [3.05, 3.63) is 0 Å². The summed E-state index contributed by atoms with van der Waals surface area (Å²) in [5.74, 6) is 3.20. The summed E-state index contributed by atoms with van der Waals surface area (Å²) in [5.41, 5.74) is -0.368. The zero-order valence-corrected chi connectivity index (χ0v) is 13.5. The molecule has 0 amide bonds. The molecule has 2 saturated carbocycles. The molecule has 0 saturated heterocycles. The van der Waals surface area contributed by atoms with Gasteiger partial charge in [-0.15, -0.1) is 0 Å². The lowest BCUT2D eigenvalue weighted by atomic mass is 9.56. The summed E-state index contributed by atoms with van der Waals surface area (Å²) < 4.78 is 0. The van der Waals surface area contributed by atoms with Crippen LogP contribution in [0.3, 0.4) is 0 Å². The van der Waals surface area contributed by atoms with Gasteiger partial charge >= 0.3 is 0 Å². The number of rotatable bonds is 3. The van der Waals surface area contributed by atoms with Crippen molar-refractivity contribution in [3.8, 4) is 0 Å². The molecule has 0 spiro atoms. The van der Waals surface area contributed by atoms with Crippen molar-refractivity contribution in [1.29, 1.82) is 0 Å². The zero-order chi connectivity index (χ0) is 14.0. The Balaban J connectivity index is 2.23. The molecule has 19 heavy (non-hydrogen) atoms. The van der Waals surface area contributed by atoms with Crippen molar-refractivity contribution in [2.75, 3.05) is 0 Å². The van der Waals surface area contributed by atoms with Gasteiger partial charge in [-0.2, -0.15) is 0 Å². The second-order valence-corrected chi connectivity index (χ2v) is 7.79. The SMILES string of the molecule is CCC1CCCCC1C1(O)CC(C)CCC1C(C)C. The normalized spacial score (nSPS) is 44.5. The van der Waals surface area contributed by atoms with Crippen molar-refractivity contribution in [2.24, 2.45) is 29.6 Å². The Morgan fingerprint density at radius 3 is 2.42 bits per heavy atom. The summed E-state index contributed by atoms with van der Waals surface area (Å²) in [5, 5.41) is 11.6. The van der Waals surface area contributed by atoms with Gasteiger partial charge in [0, 0.05) is 0 Å². The third-order valence-corrected chi connectivity index (χ3v) is 6.17. The standard InChI is InChI=1S/C18H34O/c1-5-15-8-6-7-9-17(15)18(19)12-14(4)10-11-16(18)13(2)3/h13-17,19H,5-12H2,1-4H3. The Hall–Kier alpha value is -0.0400. The predicted molar refractivity (Wildman–Crippen MR) is 82.0 cm³/mol. The predicted octanol–water partition coefficient (Wildman–Crippen LogP) is 5.03. The highest BCUT2D eigenvalue weighted by molar-refractivity contribution is 5.00. The van der Waals surface area contributed by atoms with Crippen LogP contribution in [0.5, 0.6) is 0 Å². The van der Waals surface area contributed by atoms with Crippen LogP contribution in [0.25, 0.3) is 0 Å². The molecule has 2 rings (SSSR count). The van der Waals surface area contributed by atoms with E-state index in [4.69, 9.17) is 0 Å². The van der Waals surface area contributed by atoms with Gasteiger partial charge in [0.15, 0.2) is 0 Å². The Morgan fingerprint density at radius 1 is 1.11 bits per heavy atom. The summed E-state index contributed by atoms with van der Waals surface area (Å²) in [7, 11) is 0. The largest absolute Gasteiger partial charge is 0.389 e. The Labute approximate surface area is 120 Å². The van der Waals surface area contributed by atoms with Crippen LogP contribution in [-0.4, -0.2) is 10.7 Å². The van der Waals surface area contributed by atoms with Gasteiger partial charge in [-0.1, -0.05) is 59.8 Å². The highest BCUT2D eigenvalue weighted by Gasteiger charge is 2.50. The van der Waals surface area contributed by atoms with Gasteiger partial charge in [0.05, 0.1) is 5.60 Å². The van der Waals surface area contributed by atoms with Gasteiger partial charge in [-0.3, -0.25) is 0 Å². The molecule has 1 heteroatoms. The molecule has 2 aliphatic rings. The van der Waals surface area contributed by atoms with E-state index in [9.17, 15) is 5.11 Å². The topological polar surface area (TPSA) is 20.2 Å². The maximum atomic E-state index is 11.6. The quantitative estimate of drug-likeness (QED) is 0.760. The molecular weight excluding hydrogens is 232 g/mol. The molecule has 0 bridgehead atoms. The van der Waals surface area contributed by atoms with E-state index in [1.165, 1.54) is 44.9 Å². The van der Waals surface area contributed by atoms with Gasteiger partial charge in [0.2, 0.25) is 0 Å². The van der Waals surface area contributed by atoms with Crippen LogP contribution in [-0.2, 0) is 0 Å². The smallest absolute Gasteiger partial charge is 0.0711 e. The molecule has 0 aromatic carbocycles. The van der Waals surface area contributed by atoms with Gasteiger partial charge in [0.1, 0.15) is 0 Å². The van der Waals surface area contributed by atoms with Crippen LogP contribution >= 0.6 is 0 Å². The second-order valence-electron chi connectivity index (χ2n) is 7.79. The summed E-state index contributed by atoms with van der Waals surface area (Å²) in [4.78, 5) is 0. The average molecular weight is 266 g/mol. The molecule has 5 atom stereocenters. The molecule has 2 fully saturated rings. The molecule has 5 unspecified atom stereocenters. The average Bonchev–Trinajstić information content (AvgIpc) is 2.38. The van der Waals surface area contributed by atoms with Crippen LogP contribution in [0.15, 0.2) is 0 Å². The van der Waals surface area contributed by atoms with Gasteiger partial charge < -0.3 is 5.11 Å². The Morgan fingerprint density at radius 2 is 1.79 bits per heavy atom. The summed E-state index contributed by atoms with van der Waals surface area (Å²) >= 11 is 0. The van der Waals surface area contributed by atoms with Crippen LogP contribution in [0.4, 0.5) is 0 Å². The lowest BCUT2D eigenvalue weighted by Gasteiger charge is -2.52. The molecule has 1 nitrogen and oxygen atoms in total. The fourth-order valence-electron chi connectivity index (χ4n) is 5.22. The fourth-order valence-corrected chi connectivity index (χ4v) is 5.22. The van der Waals surface area contributed by atoms with Crippen molar-refractivity contribution in [3.63, 3.8) is 0 Å². The highest BCUT2D eigenvalue weighted by Crippen LogP contribution is 2.51. The first kappa shape index (κ1) is 15.4. The van der Waals surface area contributed by atoms with Gasteiger partial charge in [-0.05, 0) is 48.9 Å². The van der Waals surface area contributed by atoms with Gasteiger partial charge in [0.25, 0.3) is 0 Å². The van der Waals surface area contributed by atoms with Crippen LogP contribution in [0.2, 0.25) is 0 Å². The molecular formula is C18H34O.